The monoisotopic (exact) mass is 225 g/mol. The number of carboxylic acids is 1. The smallest absolute Gasteiger partial charge is 0.317 e. The van der Waals surface area contributed by atoms with E-state index in [1.807, 2.05) is 4.90 Å². The van der Waals surface area contributed by atoms with Gasteiger partial charge in [0, 0.05) is 13.1 Å². The standard InChI is InChI=1S/C13H23NO2/c1-3-8-14(10-13(15)16)9-12-6-4-11(2)5-7-12/h3,11-12H,1,4-10H2,2H3,(H,15,16). The van der Waals surface area contributed by atoms with Crippen LogP contribution >= 0.6 is 0 Å². The lowest BCUT2D eigenvalue weighted by Gasteiger charge is -2.30. The van der Waals surface area contributed by atoms with Crippen molar-refractivity contribution in [3.8, 4) is 0 Å². The van der Waals surface area contributed by atoms with Gasteiger partial charge >= 0.3 is 5.97 Å². The zero-order valence-corrected chi connectivity index (χ0v) is 10.2. The van der Waals surface area contributed by atoms with Gasteiger partial charge in [-0.15, -0.1) is 6.58 Å². The lowest BCUT2D eigenvalue weighted by atomic mass is 9.83. The minimum Gasteiger partial charge on any atom is -0.480 e. The van der Waals surface area contributed by atoms with Crippen LogP contribution in [0.25, 0.3) is 0 Å². The van der Waals surface area contributed by atoms with E-state index in [0.29, 0.717) is 12.5 Å². The van der Waals surface area contributed by atoms with Gasteiger partial charge in [-0.2, -0.15) is 0 Å². The second-order valence-corrected chi connectivity index (χ2v) is 5.00. The maximum atomic E-state index is 10.7. The second-order valence-electron chi connectivity index (χ2n) is 5.00. The summed E-state index contributed by atoms with van der Waals surface area (Å²) >= 11 is 0. The minimum absolute atomic E-state index is 0.137. The van der Waals surface area contributed by atoms with Crippen LogP contribution in [0.5, 0.6) is 0 Å². The summed E-state index contributed by atoms with van der Waals surface area (Å²) in [6, 6.07) is 0. The summed E-state index contributed by atoms with van der Waals surface area (Å²) in [5, 5.41) is 8.81. The fraction of sp³-hybridized carbons (Fsp3) is 0.769. The Bertz CT molecular complexity index is 232. The predicted octanol–water partition coefficient (Wildman–Crippen LogP) is 2.39. The third kappa shape index (κ3) is 4.79. The summed E-state index contributed by atoms with van der Waals surface area (Å²) in [4.78, 5) is 12.7. The molecule has 1 aliphatic carbocycles. The van der Waals surface area contributed by atoms with E-state index in [1.54, 1.807) is 6.08 Å². The van der Waals surface area contributed by atoms with Crippen LogP contribution in [0, 0.1) is 11.8 Å². The normalized spacial score (nSPS) is 25.6. The molecule has 1 rings (SSSR count). The molecule has 0 heterocycles. The Morgan fingerprint density at radius 3 is 2.56 bits per heavy atom. The first-order chi connectivity index (χ1) is 7.61. The van der Waals surface area contributed by atoms with Gasteiger partial charge in [0.2, 0.25) is 0 Å². The SMILES string of the molecule is C=CCN(CC(=O)O)CC1CCC(C)CC1. The molecule has 3 nitrogen and oxygen atoms in total. The Hall–Kier alpha value is -0.830. The van der Waals surface area contributed by atoms with E-state index in [9.17, 15) is 4.79 Å². The zero-order valence-electron chi connectivity index (χ0n) is 10.2. The molecule has 0 aromatic rings. The molecule has 1 fully saturated rings. The number of nitrogens with zero attached hydrogens (tertiary/aromatic N) is 1. The number of carbonyl (C=O) groups is 1. The molecule has 0 radical (unpaired) electrons. The van der Waals surface area contributed by atoms with Crippen molar-refractivity contribution in [3.05, 3.63) is 12.7 Å². The molecule has 0 aromatic carbocycles. The average Bonchev–Trinajstić information content (AvgIpc) is 2.21. The number of aliphatic carboxylic acids is 1. The molecule has 1 aliphatic rings. The van der Waals surface area contributed by atoms with Gasteiger partial charge in [-0.05, 0) is 24.7 Å². The molecule has 0 aliphatic heterocycles. The highest BCUT2D eigenvalue weighted by atomic mass is 16.4. The molecule has 0 saturated heterocycles. The molecule has 1 saturated carbocycles. The fourth-order valence-electron chi connectivity index (χ4n) is 2.45. The summed E-state index contributed by atoms with van der Waals surface area (Å²) in [6.07, 6.45) is 6.86. The Morgan fingerprint density at radius 1 is 1.44 bits per heavy atom. The summed E-state index contributed by atoms with van der Waals surface area (Å²) in [7, 11) is 0. The Labute approximate surface area is 98.1 Å². The number of hydrogen-bond acceptors (Lipinski definition) is 2. The van der Waals surface area contributed by atoms with Crippen LogP contribution in [-0.4, -0.2) is 35.6 Å². The van der Waals surface area contributed by atoms with Crippen molar-refractivity contribution in [2.45, 2.75) is 32.6 Å². The predicted molar refractivity (Wildman–Crippen MR) is 65.4 cm³/mol. The molecule has 1 N–H and O–H groups in total. The Balaban J connectivity index is 2.35. The highest BCUT2D eigenvalue weighted by Gasteiger charge is 2.21. The number of rotatable bonds is 6. The molecule has 0 bridgehead atoms. The van der Waals surface area contributed by atoms with Gasteiger partial charge in [0.1, 0.15) is 0 Å². The third-order valence-electron chi connectivity index (χ3n) is 3.40. The topological polar surface area (TPSA) is 40.5 Å². The van der Waals surface area contributed by atoms with Crippen molar-refractivity contribution in [3.63, 3.8) is 0 Å². The van der Waals surface area contributed by atoms with Crippen LogP contribution in [0.3, 0.4) is 0 Å². The summed E-state index contributed by atoms with van der Waals surface area (Å²) in [5.41, 5.74) is 0. The van der Waals surface area contributed by atoms with E-state index >= 15 is 0 Å². The summed E-state index contributed by atoms with van der Waals surface area (Å²) < 4.78 is 0. The highest BCUT2D eigenvalue weighted by Crippen LogP contribution is 2.28. The van der Waals surface area contributed by atoms with E-state index in [0.717, 1.165) is 12.5 Å². The molecule has 16 heavy (non-hydrogen) atoms. The molecule has 92 valence electrons. The molecule has 0 amide bonds. The van der Waals surface area contributed by atoms with Crippen LogP contribution in [-0.2, 0) is 4.79 Å². The van der Waals surface area contributed by atoms with Crippen molar-refractivity contribution in [2.24, 2.45) is 11.8 Å². The quantitative estimate of drug-likeness (QED) is 0.706. The van der Waals surface area contributed by atoms with Crippen LogP contribution < -0.4 is 0 Å². The fourth-order valence-corrected chi connectivity index (χ4v) is 2.45. The van der Waals surface area contributed by atoms with Crippen molar-refractivity contribution < 1.29 is 9.90 Å². The third-order valence-corrected chi connectivity index (χ3v) is 3.40. The van der Waals surface area contributed by atoms with E-state index in [2.05, 4.69) is 13.5 Å². The van der Waals surface area contributed by atoms with E-state index in [4.69, 9.17) is 5.11 Å². The Morgan fingerprint density at radius 2 is 2.06 bits per heavy atom. The molecule has 0 atom stereocenters. The first-order valence-corrected chi connectivity index (χ1v) is 6.17. The van der Waals surface area contributed by atoms with Crippen LogP contribution in [0.15, 0.2) is 12.7 Å². The van der Waals surface area contributed by atoms with Gasteiger partial charge in [-0.25, -0.2) is 0 Å². The van der Waals surface area contributed by atoms with E-state index < -0.39 is 5.97 Å². The van der Waals surface area contributed by atoms with Gasteiger partial charge in [-0.3, -0.25) is 9.69 Å². The average molecular weight is 225 g/mol. The van der Waals surface area contributed by atoms with Crippen molar-refractivity contribution >= 4 is 5.97 Å². The van der Waals surface area contributed by atoms with Crippen LogP contribution in [0.1, 0.15) is 32.6 Å². The van der Waals surface area contributed by atoms with E-state index in [1.165, 1.54) is 25.7 Å². The van der Waals surface area contributed by atoms with Gasteiger partial charge in [-0.1, -0.05) is 25.8 Å². The summed E-state index contributed by atoms with van der Waals surface area (Å²) in [6.45, 7) is 7.70. The molecular formula is C13H23NO2. The maximum absolute atomic E-state index is 10.7. The minimum atomic E-state index is -0.744. The number of carboxylic acid groups (broad SMARTS) is 1. The van der Waals surface area contributed by atoms with Crippen molar-refractivity contribution in [1.82, 2.24) is 4.90 Å². The molecule has 3 heteroatoms. The zero-order chi connectivity index (χ0) is 12.0. The number of hydrogen-bond donors (Lipinski definition) is 1. The maximum Gasteiger partial charge on any atom is 0.317 e. The molecule has 0 spiro atoms. The van der Waals surface area contributed by atoms with Crippen molar-refractivity contribution in [2.75, 3.05) is 19.6 Å². The molecule has 0 aromatic heterocycles. The highest BCUT2D eigenvalue weighted by molar-refractivity contribution is 5.69. The Kier molecular flexibility index (Phi) is 5.53. The molecular weight excluding hydrogens is 202 g/mol. The van der Waals surface area contributed by atoms with Crippen LogP contribution in [0.4, 0.5) is 0 Å². The van der Waals surface area contributed by atoms with Gasteiger partial charge in [0.15, 0.2) is 0 Å². The van der Waals surface area contributed by atoms with Crippen molar-refractivity contribution in [1.29, 1.82) is 0 Å². The second kappa shape index (κ2) is 6.69. The first-order valence-electron chi connectivity index (χ1n) is 6.17. The molecule has 0 unspecified atom stereocenters. The van der Waals surface area contributed by atoms with Gasteiger partial charge in [0.05, 0.1) is 6.54 Å². The summed E-state index contributed by atoms with van der Waals surface area (Å²) in [5.74, 6) is 0.783. The lowest BCUT2D eigenvalue weighted by Crippen LogP contribution is -2.35. The largest absolute Gasteiger partial charge is 0.480 e. The lowest BCUT2D eigenvalue weighted by molar-refractivity contribution is -0.138. The van der Waals surface area contributed by atoms with Gasteiger partial charge < -0.3 is 5.11 Å². The first kappa shape index (κ1) is 13.2. The van der Waals surface area contributed by atoms with Crippen LogP contribution in [0.2, 0.25) is 0 Å². The van der Waals surface area contributed by atoms with E-state index in [-0.39, 0.29) is 6.54 Å². The van der Waals surface area contributed by atoms with Gasteiger partial charge in [0.25, 0.3) is 0 Å².